The number of aryl methyl sites for hydroxylation is 1. The van der Waals surface area contributed by atoms with Crippen molar-refractivity contribution in [3.8, 4) is 0 Å². The van der Waals surface area contributed by atoms with Gasteiger partial charge in [-0.3, -0.25) is 9.59 Å². The van der Waals surface area contributed by atoms with Crippen molar-refractivity contribution in [1.29, 1.82) is 0 Å². The number of piperazine rings is 1. The molecular formula is C23H28FN3O2. The van der Waals surface area contributed by atoms with Gasteiger partial charge in [-0.1, -0.05) is 42.0 Å². The second kappa shape index (κ2) is 8.64. The molecule has 0 spiro atoms. The first-order valence-electron chi connectivity index (χ1n) is 9.92. The van der Waals surface area contributed by atoms with Crippen LogP contribution in [0.3, 0.4) is 0 Å². The van der Waals surface area contributed by atoms with Gasteiger partial charge in [0, 0.05) is 32.7 Å². The standard InChI is InChI=1S/C23H28FN3O2/c1-17-8-10-18(11-9-17)16-25-21(28)23(2,3)22(29)27-14-12-26(13-15-27)20-7-5-4-6-19(20)24/h4-11H,12-16H2,1-3H3,(H,25,28). The molecule has 154 valence electrons. The van der Waals surface area contributed by atoms with Crippen molar-refractivity contribution < 1.29 is 14.0 Å². The number of para-hydroxylation sites is 1. The van der Waals surface area contributed by atoms with Crippen LogP contribution >= 0.6 is 0 Å². The van der Waals surface area contributed by atoms with Crippen LogP contribution in [0.25, 0.3) is 0 Å². The Morgan fingerprint density at radius 2 is 1.62 bits per heavy atom. The van der Waals surface area contributed by atoms with Crippen molar-refractivity contribution in [3.05, 3.63) is 65.5 Å². The maximum atomic E-state index is 14.0. The number of benzene rings is 2. The summed E-state index contributed by atoms with van der Waals surface area (Å²) in [5.74, 6) is -0.755. The topological polar surface area (TPSA) is 52.7 Å². The molecule has 0 radical (unpaired) electrons. The highest BCUT2D eigenvalue weighted by molar-refractivity contribution is 6.04. The summed E-state index contributed by atoms with van der Waals surface area (Å²) < 4.78 is 14.0. The maximum absolute atomic E-state index is 14.0. The van der Waals surface area contributed by atoms with E-state index >= 15 is 0 Å². The summed E-state index contributed by atoms with van der Waals surface area (Å²) in [6, 6.07) is 14.6. The third kappa shape index (κ3) is 4.75. The van der Waals surface area contributed by atoms with Crippen LogP contribution in [0.4, 0.5) is 10.1 Å². The first-order chi connectivity index (χ1) is 13.8. The zero-order chi connectivity index (χ0) is 21.0. The van der Waals surface area contributed by atoms with Gasteiger partial charge >= 0.3 is 0 Å². The average Bonchev–Trinajstić information content (AvgIpc) is 2.73. The predicted molar refractivity (Wildman–Crippen MR) is 112 cm³/mol. The van der Waals surface area contributed by atoms with Crippen LogP contribution in [0, 0.1) is 18.2 Å². The van der Waals surface area contributed by atoms with E-state index < -0.39 is 5.41 Å². The summed E-state index contributed by atoms with van der Waals surface area (Å²) in [6.45, 7) is 7.70. The molecular weight excluding hydrogens is 369 g/mol. The molecule has 29 heavy (non-hydrogen) atoms. The number of carbonyl (C=O) groups excluding carboxylic acids is 2. The minimum Gasteiger partial charge on any atom is -0.366 e. The molecule has 0 atom stereocenters. The zero-order valence-electron chi connectivity index (χ0n) is 17.2. The molecule has 0 bridgehead atoms. The van der Waals surface area contributed by atoms with E-state index in [0.717, 1.165) is 11.1 Å². The molecule has 0 aromatic heterocycles. The minimum atomic E-state index is -1.16. The summed E-state index contributed by atoms with van der Waals surface area (Å²) in [5.41, 5.74) is 1.54. The quantitative estimate of drug-likeness (QED) is 0.789. The molecule has 1 aliphatic heterocycles. The van der Waals surface area contributed by atoms with Crippen LogP contribution in [-0.2, 0) is 16.1 Å². The van der Waals surface area contributed by atoms with Gasteiger partial charge in [0.2, 0.25) is 11.8 Å². The van der Waals surface area contributed by atoms with Gasteiger partial charge in [-0.2, -0.15) is 0 Å². The fourth-order valence-corrected chi connectivity index (χ4v) is 3.46. The largest absolute Gasteiger partial charge is 0.366 e. The smallest absolute Gasteiger partial charge is 0.237 e. The second-order valence-electron chi connectivity index (χ2n) is 8.02. The molecule has 5 nitrogen and oxygen atoms in total. The van der Waals surface area contributed by atoms with Crippen LogP contribution in [0.2, 0.25) is 0 Å². The molecule has 0 aliphatic carbocycles. The summed E-state index contributed by atoms with van der Waals surface area (Å²) in [7, 11) is 0. The van der Waals surface area contributed by atoms with Gasteiger partial charge in [-0.15, -0.1) is 0 Å². The Morgan fingerprint density at radius 1 is 1.00 bits per heavy atom. The number of halogens is 1. The molecule has 2 amide bonds. The Bertz CT molecular complexity index is 872. The molecule has 1 N–H and O–H groups in total. The number of anilines is 1. The lowest BCUT2D eigenvalue weighted by molar-refractivity contribution is -0.148. The van der Waals surface area contributed by atoms with Gasteiger partial charge in [-0.25, -0.2) is 4.39 Å². The third-order valence-corrected chi connectivity index (χ3v) is 5.44. The molecule has 3 rings (SSSR count). The van der Waals surface area contributed by atoms with Crippen LogP contribution < -0.4 is 10.2 Å². The molecule has 0 unspecified atom stereocenters. The first-order valence-corrected chi connectivity index (χ1v) is 9.92. The van der Waals surface area contributed by atoms with Crippen molar-refractivity contribution in [1.82, 2.24) is 10.2 Å². The van der Waals surface area contributed by atoms with Crippen molar-refractivity contribution in [2.24, 2.45) is 5.41 Å². The zero-order valence-corrected chi connectivity index (χ0v) is 17.2. The Kier molecular flexibility index (Phi) is 6.20. The number of hydrogen-bond acceptors (Lipinski definition) is 3. The third-order valence-electron chi connectivity index (χ3n) is 5.44. The van der Waals surface area contributed by atoms with Crippen molar-refractivity contribution in [2.75, 3.05) is 31.1 Å². The van der Waals surface area contributed by atoms with Crippen LogP contribution in [0.15, 0.2) is 48.5 Å². The molecule has 1 aliphatic rings. The lowest BCUT2D eigenvalue weighted by Gasteiger charge is -2.39. The molecule has 2 aromatic carbocycles. The monoisotopic (exact) mass is 397 g/mol. The molecule has 1 heterocycles. The first kappa shape index (κ1) is 20.8. The van der Waals surface area contributed by atoms with Gasteiger partial charge in [0.25, 0.3) is 0 Å². The maximum Gasteiger partial charge on any atom is 0.237 e. The Morgan fingerprint density at radius 3 is 2.24 bits per heavy atom. The second-order valence-corrected chi connectivity index (χ2v) is 8.02. The minimum absolute atomic E-state index is 0.202. The van der Waals surface area contributed by atoms with E-state index in [1.807, 2.05) is 36.1 Å². The summed E-state index contributed by atoms with van der Waals surface area (Å²) >= 11 is 0. The highest BCUT2D eigenvalue weighted by Gasteiger charge is 2.40. The number of rotatable bonds is 5. The molecule has 1 fully saturated rings. The van der Waals surface area contributed by atoms with E-state index in [2.05, 4.69) is 5.32 Å². The Hall–Kier alpha value is -2.89. The van der Waals surface area contributed by atoms with Crippen LogP contribution in [0.1, 0.15) is 25.0 Å². The van der Waals surface area contributed by atoms with Crippen LogP contribution in [0.5, 0.6) is 0 Å². The summed E-state index contributed by atoms with van der Waals surface area (Å²) in [6.07, 6.45) is 0. The highest BCUT2D eigenvalue weighted by atomic mass is 19.1. The van der Waals surface area contributed by atoms with E-state index in [1.165, 1.54) is 6.07 Å². The van der Waals surface area contributed by atoms with Crippen molar-refractivity contribution in [2.45, 2.75) is 27.3 Å². The Balaban J connectivity index is 1.56. The van der Waals surface area contributed by atoms with E-state index in [0.29, 0.717) is 38.4 Å². The molecule has 1 saturated heterocycles. The molecule has 6 heteroatoms. The van der Waals surface area contributed by atoms with Gasteiger partial charge in [-0.05, 0) is 38.5 Å². The van der Waals surface area contributed by atoms with Crippen molar-refractivity contribution in [3.63, 3.8) is 0 Å². The number of nitrogens with zero attached hydrogens (tertiary/aromatic N) is 2. The average molecular weight is 397 g/mol. The number of amides is 2. The van der Waals surface area contributed by atoms with Gasteiger partial charge < -0.3 is 15.1 Å². The van der Waals surface area contributed by atoms with E-state index in [-0.39, 0.29) is 17.6 Å². The van der Waals surface area contributed by atoms with E-state index in [9.17, 15) is 14.0 Å². The summed E-state index contributed by atoms with van der Waals surface area (Å²) in [4.78, 5) is 29.3. The number of carbonyl (C=O) groups is 2. The molecule has 2 aromatic rings. The fraction of sp³-hybridized carbons (Fsp3) is 0.391. The highest BCUT2D eigenvalue weighted by Crippen LogP contribution is 2.24. The van der Waals surface area contributed by atoms with Crippen LogP contribution in [-0.4, -0.2) is 42.9 Å². The van der Waals surface area contributed by atoms with Gasteiger partial charge in [0.05, 0.1) is 5.69 Å². The Labute approximate surface area is 171 Å². The SMILES string of the molecule is Cc1ccc(CNC(=O)C(C)(C)C(=O)N2CCN(c3ccccc3F)CC2)cc1. The number of hydrogen-bond donors (Lipinski definition) is 1. The van der Waals surface area contributed by atoms with E-state index in [4.69, 9.17) is 0 Å². The van der Waals surface area contributed by atoms with E-state index in [1.54, 1.807) is 36.9 Å². The van der Waals surface area contributed by atoms with Gasteiger partial charge in [0.15, 0.2) is 0 Å². The summed E-state index contributed by atoms with van der Waals surface area (Å²) in [5, 5.41) is 2.87. The predicted octanol–water partition coefficient (Wildman–Crippen LogP) is 3.13. The number of nitrogens with one attached hydrogen (secondary N) is 1. The molecule has 0 saturated carbocycles. The normalized spacial score (nSPS) is 14.6. The lowest BCUT2D eigenvalue weighted by Crippen LogP contribution is -2.55. The fourth-order valence-electron chi connectivity index (χ4n) is 3.46. The lowest BCUT2D eigenvalue weighted by atomic mass is 9.89. The van der Waals surface area contributed by atoms with Crippen molar-refractivity contribution >= 4 is 17.5 Å². The van der Waals surface area contributed by atoms with Gasteiger partial charge in [0.1, 0.15) is 11.2 Å².